The molecule has 0 spiro atoms. The van der Waals surface area contributed by atoms with Crippen LogP contribution >= 0.6 is 12.2 Å². The van der Waals surface area contributed by atoms with Gasteiger partial charge in [0.05, 0.1) is 18.1 Å². The fourth-order valence-electron chi connectivity index (χ4n) is 2.02. The van der Waals surface area contributed by atoms with E-state index in [0.29, 0.717) is 5.39 Å². The van der Waals surface area contributed by atoms with Crippen LogP contribution in [0.1, 0.15) is 31.3 Å². The first-order valence-corrected chi connectivity index (χ1v) is 7.66. The largest absolute Gasteiger partial charge is 0.493 e. The fourth-order valence-corrected chi connectivity index (χ4v) is 2.38. The fraction of sp³-hybridized carbons (Fsp3) is 0.333. The quantitative estimate of drug-likeness (QED) is 0.430. The first-order chi connectivity index (χ1) is 11.6. The summed E-state index contributed by atoms with van der Waals surface area (Å²) in [6.45, 7) is 5.75. The average Bonchev–Trinajstić information content (AvgIpc) is 2.93. The predicted octanol–water partition coefficient (Wildman–Crippen LogP) is 2.26. The topological polar surface area (TPSA) is 119 Å². The molecule has 3 N–H and O–H groups in total. The third-order valence-corrected chi connectivity index (χ3v) is 3.20. The molecule has 0 saturated carbocycles. The number of hydrogen-bond donors (Lipinski definition) is 3. The van der Waals surface area contributed by atoms with Gasteiger partial charge in [0, 0.05) is 17.0 Å². The summed E-state index contributed by atoms with van der Waals surface area (Å²) >= 11 is 5.06. The first kappa shape index (κ1) is 18.5. The van der Waals surface area contributed by atoms with E-state index in [1.54, 1.807) is 0 Å². The van der Waals surface area contributed by atoms with E-state index in [9.17, 15) is 14.9 Å². The molecule has 0 aliphatic carbocycles. The van der Waals surface area contributed by atoms with Crippen LogP contribution in [0, 0.1) is 10.1 Å². The number of carbonyl (C=O) groups is 1. The summed E-state index contributed by atoms with van der Waals surface area (Å²) < 4.78 is 10.5. The highest BCUT2D eigenvalue weighted by Gasteiger charge is 2.20. The predicted molar refractivity (Wildman–Crippen MR) is 95.5 cm³/mol. The summed E-state index contributed by atoms with van der Waals surface area (Å²) in [5, 5.41) is 14.5. The monoisotopic (exact) mass is 366 g/mol. The van der Waals surface area contributed by atoms with Gasteiger partial charge in [-0.2, -0.15) is 0 Å². The van der Waals surface area contributed by atoms with E-state index >= 15 is 0 Å². The number of non-ortho nitro benzene ring substituents is 1. The van der Waals surface area contributed by atoms with E-state index in [2.05, 4.69) is 16.2 Å². The molecule has 0 saturated heterocycles. The van der Waals surface area contributed by atoms with Crippen LogP contribution < -0.4 is 20.9 Å². The van der Waals surface area contributed by atoms with Crippen LogP contribution in [-0.4, -0.2) is 28.6 Å². The van der Waals surface area contributed by atoms with Crippen molar-refractivity contribution in [2.45, 2.75) is 26.3 Å². The van der Waals surface area contributed by atoms with Crippen molar-refractivity contribution in [3.63, 3.8) is 0 Å². The lowest BCUT2D eigenvalue weighted by Gasteiger charge is -2.22. The highest BCUT2D eigenvalue weighted by atomic mass is 32.1. The van der Waals surface area contributed by atoms with Gasteiger partial charge < -0.3 is 14.5 Å². The van der Waals surface area contributed by atoms with E-state index in [1.807, 2.05) is 20.8 Å². The summed E-state index contributed by atoms with van der Waals surface area (Å²) in [6.07, 6.45) is 0. The van der Waals surface area contributed by atoms with Crippen molar-refractivity contribution >= 4 is 39.9 Å². The molecule has 9 nitrogen and oxygen atoms in total. The van der Waals surface area contributed by atoms with E-state index in [-0.39, 0.29) is 33.4 Å². The molecule has 10 heteroatoms. The van der Waals surface area contributed by atoms with Crippen molar-refractivity contribution < 1.29 is 18.9 Å². The van der Waals surface area contributed by atoms with Crippen LogP contribution in [0.25, 0.3) is 11.0 Å². The summed E-state index contributed by atoms with van der Waals surface area (Å²) in [6, 6.07) is 3.92. The van der Waals surface area contributed by atoms with Gasteiger partial charge in [-0.15, -0.1) is 0 Å². The van der Waals surface area contributed by atoms with Crippen LogP contribution in [0.3, 0.4) is 0 Å². The summed E-state index contributed by atoms with van der Waals surface area (Å²) in [7, 11) is 1.36. The Morgan fingerprint density at radius 1 is 1.28 bits per heavy atom. The standard InChI is InChI=1S/C15H18N4O5S/c1-15(2,3)16-14(25)18-17-13(20)11-6-8-5-9(19(21)22)7-10(23-4)12(8)24-11/h5-7H,1-4H3,(H,17,20)(H2,16,18,25). The van der Waals surface area contributed by atoms with Crippen LogP contribution in [0.15, 0.2) is 22.6 Å². The number of nitrogens with zero attached hydrogens (tertiary/aromatic N) is 1. The maximum Gasteiger partial charge on any atom is 0.305 e. The Labute approximate surface area is 148 Å². The zero-order valence-corrected chi connectivity index (χ0v) is 14.9. The Morgan fingerprint density at radius 3 is 2.52 bits per heavy atom. The minimum absolute atomic E-state index is 0.0418. The van der Waals surface area contributed by atoms with Crippen molar-refractivity contribution in [2.75, 3.05) is 7.11 Å². The Morgan fingerprint density at radius 2 is 1.96 bits per heavy atom. The smallest absolute Gasteiger partial charge is 0.305 e. The molecule has 0 aliphatic heterocycles. The molecule has 1 heterocycles. The minimum Gasteiger partial charge on any atom is -0.493 e. The van der Waals surface area contributed by atoms with Gasteiger partial charge in [0.2, 0.25) is 0 Å². The molecule has 134 valence electrons. The molecular weight excluding hydrogens is 348 g/mol. The van der Waals surface area contributed by atoms with Crippen LogP contribution in [0.4, 0.5) is 5.69 Å². The Hall–Kier alpha value is -2.88. The molecular formula is C15H18N4O5S. The number of benzene rings is 1. The second kappa shape index (κ2) is 6.93. The number of furan rings is 1. The zero-order valence-electron chi connectivity index (χ0n) is 14.1. The van der Waals surface area contributed by atoms with Gasteiger partial charge in [0.25, 0.3) is 5.69 Å². The number of amides is 1. The summed E-state index contributed by atoms with van der Waals surface area (Å²) in [4.78, 5) is 22.6. The van der Waals surface area contributed by atoms with Gasteiger partial charge in [-0.05, 0) is 39.1 Å². The molecule has 0 radical (unpaired) electrons. The Kier molecular flexibility index (Phi) is 5.12. The molecule has 1 amide bonds. The number of hydrazine groups is 1. The molecule has 0 atom stereocenters. The van der Waals surface area contributed by atoms with Crippen LogP contribution in [0.5, 0.6) is 5.75 Å². The lowest BCUT2D eigenvalue weighted by Crippen LogP contribution is -2.52. The molecule has 0 fully saturated rings. The number of methoxy groups -OCH3 is 1. The van der Waals surface area contributed by atoms with Gasteiger partial charge in [-0.1, -0.05) is 0 Å². The highest BCUT2D eigenvalue weighted by Crippen LogP contribution is 2.33. The SMILES string of the molecule is COc1cc([N+](=O)[O-])cc2cc(C(=O)NNC(=S)NC(C)(C)C)oc12. The normalized spacial score (nSPS) is 11.0. The highest BCUT2D eigenvalue weighted by molar-refractivity contribution is 7.80. The van der Waals surface area contributed by atoms with E-state index in [0.717, 1.165) is 0 Å². The zero-order chi connectivity index (χ0) is 18.8. The van der Waals surface area contributed by atoms with Crippen molar-refractivity contribution in [1.29, 1.82) is 0 Å². The van der Waals surface area contributed by atoms with Crippen molar-refractivity contribution in [3.05, 3.63) is 34.1 Å². The molecule has 0 aliphatic rings. The van der Waals surface area contributed by atoms with Crippen molar-refractivity contribution in [3.8, 4) is 5.75 Å². The van der Waals surface area contributed by atoms with Gasteiger partial charge >= 0.3 is 5.91 Å². The van der Waals surface area contributed by atoms with E-state index < -0.39 is 10.8 Å². The third-order valence-electron chi connectivity index (χ3n) is 3.00. The number of ether oxygens (including phenoxy) is 1. The van der Waals surface area contributed by atoms with Gasteiger partial charge in [0.1, 0.15) is 0 Å². The van der Waals surface area contributed by atoms with Crippen LogP contribution in [0.2, 0.25) is 0 Å². The molecule has 1 aromatic heterocycles. The van der Waals surface area contributed by atoms with E-state index in [4.69, 9.17) is 21.4 Å². The Balaban J connectivity index is 2.19. The van der Waals surface area contributed by atoms with Crippen molar-refractivity contribution in [1.82, 2.24) is 16.2 Å². The second-order valence-electron chi connectivity index (χ2n) is 6.22. The van der Waals surface area contributed by atoms with Gasteiger partial charge in [-0.25, -0.2) is 0 Å². The van der Waals surface area contributed by atoms with Gasteiger partial charge in [-0.3, -0.25) is 25.8 Å². The molecule has 2 aromatic rings. The van der Waals surface area contributed by atoms with E-state index in [1.165, 1.54) is 25.3 Å². The molecule has 25 heavy (non-hydrogen) atoms. The number of nitro benzene ring substituents is 1. The maximum atomic E-state index is 12.2. The summed E-state index contributed by atoms with van der Waals surface area (Å²) in [5.41, 5.74) is 4.78. The number of hydrogen-bond acceptors (Lipinski definition) is 6. The van der Waals surface area contributed by atoms with Gasteiger partial charge in [0.15, 0.2) is 22.2 Å². The molecule has 0 bridgehead atoms. The molecule has 1 aromatic carbocycles. The average molecular weight is 366 g/mol. The second-order valence-corrected chi connectivity index (χ2v) is 6.63. The molecule has 0 unspecified atom stereocenters. The number of carbonyl (C=O) groups excluding carboxylic acids is 1. The number of nitro groups is 1. The first-order valence-electron chi connectivity index (χ1n) is 7.25. The van der Waals surface area contributed by atoms with Crippen molar-refractivity contribution in [2.24, 2.45) is 0 Å². The summed E-state index contributed by atoms with van der Waals surface area (Å²) in [5.74, 6) is -0.458. The maximum absolute atomic E-state index is 12.2. The minimum atomic E-state index is -0.584. The lowest BCUT2D eigenvalue weighted by atomic mass is 10.1. The number of nitrogens with one attached hydrogen (secondary N) is 3. The lowest BCUT2D eigenvalue weighted by molar-refractivity contribution is -0.384. The number of rotatable bonds is 3. The molecule has 2 rings (SSSR count). The Bertz CT molecular complexity index is 840. The van der Waals surface area contributed by atoms with Crippen LogP contribution in [-0.2, 0) is 0 Å². The number of fused-ring (bicyclic) bond motifs is 1. The number of thiocarbonyl (C=S) groups is 1. The third kappa shape index (κ3) is 4.57.